The van der Waals surface area contributed by atoms with Crippen molar-refractivity contribution in [3.05, 3.63) is 29.3 Å². The predicted molar refractivity (Wildman–Crippen MR) is 79.1 cm³/mol. The summed E-state index contributed by atoms with van der Waals surface area (Å²) in [6.07, 6.45) is 2.21. The number of nitrogens with zero attached hydrogens (tertiary/aromatic N) is 1. The molecule has 2 rings (SSSR count). The first-order valence-electron chi connectivity index (χ1n) is 6.38. The number of hydrogen-bond donors (Lipinski definition) is 2. The molecular weight excluding hydrogens is 244 g/mol. The molecule has 1 aliphatic rings. The van der Waals surface area contributed by atoms with E-state index in [1.807, 2.05) is 12.1 Å². The molecule has 0 amide bonds. The van der Waals surface area contributed by atoms with Gasteiger partial charge < -0.3 is 15.7 Å². The monoisotopic (exact) mass is 264 g/mol. The van der Waals surface area contributed by atoms with Gasteiger partial charge in [-0.1, -0.05) is 18.3 Å². The minimum Gasteiger partial charge on any atom is -0.396 e. The normalized spacial score (nSPS) is 19.9. The van der Waals surface area contributed by atoms with Gasteiger partial charge in [0, 0.05) is 30.9 Å². The quantitative estimate of drug-likeness (QED) is 0.818. The number of anilines is 1. The molecule has 0 aromatic heterocycles. The maximum absolute atomic E-state index is 9.31. The van der Waals surface area contributed by atoms with Crippen molar-refractivity contribution in [2.75, 3.05) is 24.6 Å². The summed E-state index contributed by atoms with van der Waals surface area (Å²) in [6.45, 7) is 4.22. The molecule has 1 fully saturated rings. The lowest BCUT2D eigenvalue weighted by molar-refractivity contribution is 0.208. The van der Waals surface area contributed by atoms with Gasteiger partial charge in [-0.05, 0) is 43.4 Å². The summed E-state index contributed by atoms with van der Waals surface area (Å²) in [4.78, 5) is 2.74. The van der Waals surface area contributed by atoms with Crippen LogP contribution in [0.4, 0.5) is 5.69 Å². The van der Waals surface area contributed by atoms with Gasteiger partial charge in [0.2, 0.25) is 0 Å². The second-order valence-electron chi connectivity index (χ2n) is 5.02. The first-order valence-corrected chi connectivity index (χ1v) is 6.79. The second-order valence-corrected chi connectivity index (χ2v) is 5.46. The smallest absolute Gasteiger partial charge is 0.106 e. The van der Waals surface area contributed by atoms with Gasteiger partial charge in [-0.25, -0.2) is 0 Å². The van der Waals surface area contributed by atoms with Crippen LogP contribution in [0.1, 0.15) is 24.0 Å². The van der Waals surface area contributed by atoms with Gasteiger partial charge in [0.25, 0.3) is 0 Å². The van der Waals surface area contributed by atoms with Crippen molar-refractivity contribution in [1.29, 1.82) is 0 Å². The number of rotatable bonds is 3. The van der Waals surface area contributed by atoms with Crippen LogP contribution in [0.2, 0.25) is 0 Å². The van der Waals surface area contributed by atoms with Crippen LogP contribution in [0.5, 0.6) is 0 Å². The summed E-state index contributed by atoms with van der Waals surface area (Å²) in [5, 5.41) is 9.31. The van der Waals surface area contributed by atoms with Crippen LogP contribution < -0.4 is 10.6 Å². The van der Waals surface area contributed by atoms with Crippen LogP contribution in [-0.4, -0.2) is 29.8 Å². The Kier molecular flexibility index (Phi) is 4.19. The minimum absolute atomic E-state index is 0.255. The summed E-state index contributed by atoms with van der Waals surface area (Å²) in [5.74, 6) is 0.360. The van der Waals surface area contributed by atoms with Crippen molar-refractivity contribution in [3.63, 3.8) is 0 Å². The SMILES string of the molecule is Cc1ccc(C(N)=S)c(N2CCCC(CO)C2)c1. The Morgan fingerprint density at radius 2 is 2.33 bits per heavy atom. The van der Waals surface area contributed by atoms with Gasteiger partial charge in [0.1, 0.15) is 4.99 Å². The summed E-state index contributed by atoms with van der Waals surface area (Å²) in [5.41, 5.74) is 9.05. The third kappa shape index (κ3) is 2.82. The number of nitrogens with two attached hydrogens (primary N) is 1. The minimum atomic E-state index is 0.255. The number of piperidine rings is 1. The number of aliphatic hydroxyl groups is 1. The standard InChI is InChI=1S/C14H20N2OS/c1-10-4-5-12(14(15)18)13(7-10)16-6-2-3-11(8-16)9-17/h4-5,7,11,17H,2-3,6,8-9H2,1H3,(H2,15,18). The topological polar surface area (TPSA) is 49.5 Å². The van der Waals surface area contributed by atoms with Gasteiger partial charge >= 0.3 is 0 Å². The van der Waals surface area contributed by atoms with E-state index in [2.05, 4.69) is 17.9 Å². The van der Waals surface area contributed by atoms with E-state index in [0.717, 1.165) is 37.2 Å². The summed E-state index contributed by atoms with van der Waals surface area (Å²) in [7, 11) is 0. The molecule has 1 aromatic rings. The molecular formula is C14H20N2OS. The third-order valence-electron chi connectivity index (χ3n) is 3.54. The molecule has 0 saturated carbocycles. The molecule has 4 heteroatoms. The molecule has 3 N–H and O–H groups in total. The van der Waals surface area contributed by atoms with Crippen LogP contribution in [-0.2, 0) is 0 Å². The lowest BCUT2D eigenvalue weighted by atomic mass is 9.97. The molecule has 1 aliphatic heterocycles. The first kappa shape index (κ1) is 13.3. The Bertz CT molecular complexity index is 447. The van der Waals surface area contributed by atoms with Crippen molar-refractivity contribution in [1.82, 2.24) is 0 Å². The van der Waals surface area contributed by atoms with Crippen LogP contribution in [0.3, 0.4) is 0 Å². The van der Waals surface area contributed by atoms with E-state index in [1.165, 1.54) is 5.56 Å². The summed E-state index contributed by atoms with van der Waals surface area (Å²) in [6, 6.07) is 6.16. The molecule has 18 heavy (non-hydrogen) atoms. The molecule has 3 nitrogen and oxygen atoms in total. The zero-order valence-electron chi connectivity index (χ0n) is 10.7. The average molecular weight is 264 g/mol. The van der Waals surface area contributed by atoms with Gasteiger partial charge in [0.05, 0.1) is 0 Å². The van der Waals surface area contributed by atoms with E-state index in [-0.39, 0.29) is 6.61 Å². The lowest BCUT2D eigenvalue weighted by Crippen LogP contribution is -2.38. The van der Waals surface area contributed by atoms with E-state index >= 15 is 0 Å². The van der Waals surface area contributed by atoms with Crippen molar-refractivity contribution in [2.45, 2.75) is 19.8 Å². The van der Waals surface area contributed by atoms with Crippen molar-refractivity contribution in [2.24, 2.45) is 11.7 Å². The fourth-order valence-corrected chi connectivity index (χ4v) is 2.72. The highest BCUT2D eigenvalue weighted by Gasteiger charge is 2.21. The highest BCUT2D eigenvalue weighted by atomic mass is 32.1. The molecule has 1 aromatic carbocycles. The largest absolute Gasteiger partial charge is 0.396 e. The van der Waals surface area contributed by atoms with Gasteiger partial charge in [-0.15, -0.1) is 0 Å². The molecule has 0 aliphatic carbocycles. The van der Waals surface area contributed by atoms with E-state index in [0.29, 0.717) is 10.9 Å². The molecule has 1 saturated heterocycles. The maximum atomic E-state index is 9.31. The summed E-state index contributed by atoms with van der Waals surface area (Å²) >= 11 is 5.12. The Hall–Kier alpha value is -1.13. The zero-order chi connectivity index (χ0) is 13.1. The van der Waals surface area contributed by atoms with Crippen LogP contribution in [0.25, 0.3) is 0 Å². The molecule has 1 atom stereocenters. The number of aliphatic hydroxyl groups excluding tert-OH is 1. The van der Waals surface area contributed by atoms with E-state index < -0.39 is 0 Å². The van der Waals surface area contributed by atoms with Gasteiger partial charge in [-0.3, -0.25) is 0 Å². The predicted octanol–water partition coefficient (Wildman–Crippen LogP) is 1.84. The van der Waals surface area contributed by atoms with Crippen molar-refractivity contribution >= 4 is 22.9 Å². The lowest BCUT2D eigenvalue weighted by Gasteiger charge is -2.35. The average Bonchev–Trinajstić information content (AvgIpc) is 2.38. The Morgan fingerprint density at radius 3 is 3.00 bits per heavy atom. The number of thiocarbonyl (C=S) groups is 1. The molecule has 0 bridgehead atoms. The third-order valence-corrected chi connectivity index (χ3v) is 3.76. The van der Waals surface area contributed by atoms with Gasteiger partial charge in [0.15, 0.2) is 0 Å². The van der Waals surface area contributed by atoms with Crippen LogP contribution >= 0.6 is 12.2 Å². The van der Waals surface area contributed by atoms with E-state index in [1.54, 1.807) is 0 Å². The number of hydrogen-bond acceptors (Lipinski definition) is 3. The maximum Gasteiger partial charge on any atom is 0.106 e. The highest BCUT2D eigenvalue weighted by molar-refractivity contribution is 7.80. The Balaban J connectivity index is 2.31. The number of aryl methyl sites for hydroxylation is 1. The Labute approximate surface area is 114 Å². The zero-order valence-corrected chi connectivity index (χ0v) is 11.5. The number of benzene rings is 1. The molecule has 1 heterocycles. The van der Waals surface area contributed by atoms with Crippen molar-refractivity contribution in [3.8, 4) is 0 Å². The van der Waals surface area contributed by atoms with Gasteiger partial charge in [-0.2, -0.15) is 0 Å². The Morgan fingerprint density at radius 1 is 1.56 bits per heavy atom. The van der Waals surface area contributed by atoms with Crippen molar-refractivity contribution < 1.29 is 5.11 Å². The van der Waals surface area contributed by atoms with Crippen LogP contribution in [0.15, 0.2) is 18.2 Å². The van der Waals surface area contributed by atoms with E-state index in [4.69, 9.17) is 18.0 Å². The molecule has 98 valence electrons. The second kappa shape index (κ2) is 5.67. The fraction of sp³-hybridized carbons (Fsp3) is 0.500. The highest BCUT2D eigenvalue weighted by Crippen LogP contribution is 2.27. The fourth-order valence-electron chi connectivity index (χ4n) is 2.54. The molecule has 0 radical (unpaired) electrons. The summed E-state index contributed by atoms with van der Waals surface area (Å²) < 4.78 is 0. The molecule has 0 spiro atoms. The van der Waals surface area contributed by atoms with Crippen LogP contribution in [0, 0.1) is 12.8 Å². The molecule has 1 unspecified atom stereocenters. The first-order chi connectivity index (χ1) is 8.61. The van der Waals surface area contributed by atoms with E-state index in [9.17, 15) is 5.11 Å².